The average molecular weight is 395 g/mol. The smallest absolute Gasteiger partial charge is 0.295 e. The number of amides is 1. The highest BCUT2D eigenvalue weighted by Crippen LogP contribution is 2.39. The molecule has 1 N–H and O–H groups in total. The zero-order chi connectivity index (χ0) is 21.0. The molecule has 3 rings (SSSR count). The molecule has 0 aliphatic carbocycles. The van der Waals surface area contributed by atoms with Gasteiger partial charge < -0.3 is 19.5 Å². The lowest BCUT2D eigenvalue weighted by molar-refractivity contribution is -0.140. The molecular weight excluding hydrogens is 370 g/mol. The predicted octanol–water partition coefficient (Wildman–Crippen LogP) is 3.46. The fraction of sp³-hybridized carbons (Fsp3) is 0.304. The van der Waals surface area contributed by atoms with E-state index in [2.05, 4.69) is 0 Å². The summed E-state index contributed by atoms with van der Waals surface area (Å²) in [6.45, 7) is 2.78. The van der Waals surface area contributed by atoms with Crippen molar-refractivity contribution in [2.75, 3.05) is 27.4 Å². The SMILES string of the molecule is COCCCN1C(=O)C(=O)/C(=C(\O)c2ccc(OC)cc2)C1c1cccc(C)c1. The zero-order valence-electron chi connectivity index (χ0n) is 16.8. The molecule has 0 radical (unpaired) electrons. The van der Waals surface area contributed by atoms with Crippen LogP contribution in [0.3, 0.4) is 0 Å². The quantitative estimate of drug-likeness (QED) is 0.336. The number of nitrogens with zero attached hydrogens (tertiary/aromatic N) is 1. The van der Waals surface area contributed by atoms with Crippen LogP contribution in [0, 0.1) is 6.92 Å². The topological polar surface area (TPSA) is 76.1 Å². The molecule has 29 heavy (non-hydrogen) atoms. The molecule has 0 spiro atoms. The minimum Gasteiger partial charge on any atom is -0.507 e. The summed E-state index contributed by atoms with van der Waals surface area (Å²) < 4.78 is 10.2. The lowest BCUT2D eigenvalue weighted by atomic mass is 9.94. The summed E-state index contributed by atoms with van der Waals surface area (Å²) in [4.78, 5) is 27.2. The number of hydrogen-bond donors (Lipinski definition) is 1. The Kier molecular flexibility index (Phi) is 6.34. The van der Waals surface area contributed by atoms with Gasteiger partial charge in [0.15, 0.2) is 0 Å². The Morgan fingerprint density at radius 1 is 1.10 bits per heavy atom. The van der Waals surface area contributed by atoms with Gasteiger partial charge in [-0.15, -0.1) is 0 Å². The third kappa shape index (κ3) is 4.17. The van der Waals surface area contributed by atoms with Crippen LogP contribution in [0.4, 0.5) is 0 Å². The van der Waals surface area contributed by atoms with Gasteiger partial charge in [0.1, 0.15) is 11.5 Å². The number of aliphatic hydroxyl groups excluding tert-OH is 1. The van der Waals surface area contributed by atoms with Gasteiger partial charge in [-0.3, -0.25) is 9.59 Å². The van der Waals surface area contributed by atoms with Gasteiger partial charge in [-0.2, -0.15) is 0 Å². The maximum Gasteiger partial charge on any atom is 0.295 e. The van der Waals surface area contributed by atoms with Crippen molar-refractivity contribution in [1.82, 2.24) is 4.90 Å². The first kappa shape index (κ1) is 20.6. The average Bonchev–Trinajstić information content (AvgIpc) is 2.98. The summed E-state index contributed by atoms with van der Waals surface area (Å²) >= 11 is 0. The van der Waals surface area contributed by atoms with E-state index in [1.807, 2.05) is 31.2 Å². The molecule has 1 amide bonds. The number of aliphatic hydroxyl groups is 1. The molecule has 1 aliphatic heterocycles. The van der Waals surface area contributed by atoms with Crippen LogP contribution in [0.25, 0.3) is 5.76 Å². The van der Waals surface area contributed by atoms with E-state index < -0.39 is 17.7 Å². The number of ether oxygens (including phenoxy) is 2. The molecule has 0 aromatic heterocycles. The largest absolute Gasteiger partial charge is 0.507 e. The monoisotopic (exact) mass is 395 g/mol. The third-order valence-electron chi connectivity index (χ3n) is 5.01. The predicted molar refractivity (Wildman–Crippen MR) is 110 cm³/mol. The van der Waals surface area contributed by atoms with Gasteiger partial charge in [0.25, 0.3) is 11.7 Å². The second kappa shape index (κ2) is 8.92. The fourth-order valence-electron chi connectivity index (χ4n) is 3.58. The van der Waals surface area contributed by atoms with E-state index in [-0.39, 0.29) is 11.3 Å². The zero-order valence-corrected chi connectivity index (χ0v) is 16.8. The van der Waals surface area contributed by atoms with E-state index in [1.54, 1.807) is 38.5 Å². The first-order valence-corrected chi connectivity index (χ1v) is 9.46. The maximum absolute atomic E-state index is 12.9. The molecular formula is C23H25NO5. The van der Waals surface area contributed by atoms with Gasteiger partial charge in [-0.05, 0) is 43.2 Å². The van der Waals surface area contributed by atoms with Crippen LogP contribution < -0.4 is 4.74 Å². The van der Waals surface area contributed by atoms with Gasteiger partial charge in [0.05, 0.1) is 18.7 Å². The number of ketones is 1. The van der Waals surface area contributed by atoms with E-state index >= 15 is 0 Å². The summed E-state index contributed by atoms with van der Waals surface area (Å²) in [7, 11) is 3.15. The number of benzene rings is 2. The number of carbonyl (C=O) groups excluding carboxylic acids is 2. The minimum atomic E-state index is -0.678. The Morgan fingerprint density at radius 2 is 1.83 bits per heavy atom. The van der Waals surface area contributed by atoms with Crippen molar-refractivity contribution in [2.45, 2.75) is 19.4 Å². The van der Waals surface area contributed by atoms with Crippen molar-refractivity contribution < 1.29 is 24.2 Å². The Morgan fingerprint density at radius 3 is 2.45 bits per heavy atom. The van der Waals surface area contributed by atoms with Crippen LogP contribution in [0.15, 0.2) is 54.1 Å². The first-order valence-electron chi connectivity index (χ1n) is 9.46. The second-order valence-corrected chi connectivity index (χ2v) is 6.98. The van der Waals surface area contributed by atoms with Crippen LogP contribution in [0.1, 0.15) is 29.2 Å². The maximum atomic E-state index is 12.9. The minimum absolute atomic E-state index is 0.100. The van der Waals surface area contributed by atoms with Crippen LogP contribution >= 0.6 is 0 Å². The molecule has 1 atom stereocenters. The van der Waals surface area contributed by atoms with E-state index in [1.165, 1.54) is 4.90 Å². The standard InChI is InChI=1S/C23H25NO5/c1-15-6-4-7-17(14-15)20-19(21(25)16-8-10-18(29-3)11-9-16)22(26)23(27)24(20)12-5-13-28-2/h4,6-11,14,20,25H,5,12-13H2,1-3H3/b21-19-. The summed E-state index contributed by atoms with van der Waals surface area (Å²) in [5, 5.41) is 11.0. The number of aryl methyl sites for hydroxylation is 1. The first-order chi connectivity index (χ1) is 14.0. The van der Waals surface area contributed by atoms with Crippen molar-refractivity contribution in [3.63, 3.8) is 0 Å². The van der Waals surface area contributed by atoms with Gasteiger partial charge in [-0.1, -0.05) is 29.8 Å². The van der Waals surface area contributed by atoms with Crippen LogP contribution in [-0.4, -0.2) is 49.1 Å². The van der Waals surface area contributed by atoms with Crippen molar-refractivity contribution in [1.29, 1.82) is 0 Å². The highest BCUT2D eigenvalue weighted by Gasteiger charge is 2.45. The van der Waals surface area contributed by atoms with Crippen LogP contribution in [0.5, 0.6) is 5.75 Å². The number of carbonyl (C=O) groups is 2. The summed E-state index contributed by atoms with van der Waals surface area (Å²) in [6.07, 6.45) is 0.592. The molecule has 1 heterocycles. The van der Waals surface area contributed by atoms with Gasteiger partial charge in [-0.25, -0.2) is 0 Å². The molecule has 0 bridgehead atoms. The second-order valence-electron chi connectivity index (χ2n) is 6.98. The number of Topliss-reactive ketones (excluding diaryl/α,β-unsaturated/α-hetero) is 1. The molecule has 1 saturated heterocycles. The Hall–Kier alpha value is -3.12. The van der Waals surface area contributed by atoms with E-state index in [9.17, 15) is 14.7 Å². The highest BCUT2D eigenvalue weighted by molar-refractivity contribution is 6.46. The van der Waals surface area contributed by atoms with Crippen LogP contribution in [-0.2, 0) is 14.3 Å². The Bertz CT molecular complexity index is 933. The van der Waals surface area contributed by atoms with Crippen molar-refractivity contribution >= 4 is 17.4 Å². The number of likely N-dealkylation sites (tertiary alicyclic amines) is 1. The van der Waals surface area contributed by atoms with E-state index in [0.29, 0.717) is 30.9 Å². The highest BCUT2D eigenvalue weighted by atomic mass is 16.5. The Balaban J connectivity index is 2.10. The molecule has 1 unspecified atom stereocenters. The van der Waals surface area contributed by atoms with Crippen molar-refractivity contribution in [2.24, 2.45) is 0 Å². The molecule has 0 saturated carbocycles. The molecule has 6 nitrogen and oxygen atoms in total. The van der Waals surface area contributed by atoms with E-state index in [4.69, 9.17) is 9.47 Å². The summed E-state index contributed by atoms with van der Waals surface area (Å²) in [5.74, 6) is -0.839. The van der Waals surface area contributed by atoms with Crippen LogP contribution in [0.2, 0.25) is 0 Å². The molecule has 2 aromatic carbocycles. The van der Waals surface area contributed by atoms with Gasteiger partial charge in [0, 0.05) is 25.8 Å². The molecule has 152 valence electrons. The summed E-state index contributed by atoms with van der Waals surface area (Å²) in [5.41, 5.74) is 2.35. The number of hydrogen-bond acceptors (Lipinski definition) is 5. The third-order valence-corrected chi connectivity index (χ3v) is 5.01. The van der Waals surface area contributed by atoms with Crippen molar-refractivity contribution in [3.05, 3.63) is 70.8 Å². The lowest BCUT2D eigenvalue weighted by Gasteiger charge is -2.25. The van der Waals surface area contributed by atoms with E-state index in [0.717, 1.165) is 11.1 Å². The summed E-state index contributed by atoms with van der Waals surface area (Å²) in [6, 6.07) is 13.7. The fourth-order valence-corrected chi connectivity index (χ4v) is 3.58. The molecule has 1 fully saturated rings. The van der Waals surface area contributed by atoms with Gasteiger partial charge >= 0.3 is 0 Å². The number of rotatable bonds is 7. The Labute approximate surface area is 170 Å². The number of methoxy groups -OCH3 is 2. The normalized spacial score (nSPS) is 18.3. The lowest BCUT2D eigenvalue weighted by Crippen LogP contribution is -2.31. The molecule has 2 aromatic rings. The van der Waals surface area contributed by atoms with Crippen molar-refractivity contribution in [3.8, 4) is 5.75 Å². The molecule has 1 aliphatic rings. The molecule has 6 heteroatoms. The van der Waals surface area contributed by atoms with Gasteiger partial charge in [0.2, 0.25) is 0 Å².